The zero-order valence-electron chi connectivity index (χ0n) is 10.4. The van der Waals surface area contributed by atoms with Gasteiger partial charge in [0.05, 0.1) is 0 Å². The molecule has 0 unspecified atom stereocenters. The number of carbonyl (C=O) groups is 1. The van der Waals surface area contributed by atoms with E-state index in [1.54, 1.807) is 12.1 Å². The van der Waals surface area contributed by atoms with E-state index in [1.807, 2.05) is 32.6 Å². The van der Waals surface area contributed by atoms with Crippen LogP contribution in [0.1, 0.15) is 38.1 Å². The van der Waals surface area contributed by atoms with Crippen LogP contribution in [0, 0.1) is 0 Å². The summed E-state index contributed by atoms with van der Waals surface area (Å²) in [6.07, 6.45) is 0. The molecule has 1 amide bonds. The third-order valence-electron chi connectivity index (χ3n) is 2.36. The van der Waals surface area contributed by atoms with Crippen molar-refractivity contribution in [1.82, 2.24) is 9.88 Å². The Balaban J connectivity index is 3.09. The predicted octanol–water partition coefficient (Wildman–Crippen LogP) is 3.87. The number of nitrogens with zero attached hydrogens (tertiary/aromatic N) is 2. The van der Waals surface area contributed by atoms with Crippen LogP contribution in [0.15, 0.2) is 21.3 Å². The molecule has 0 fully saturated rings. The maximum atomic E-state index is 12.4. The molecule has 0 bridgehead atoms. The van der Waals surface area contributed by atoms with Gasteiger partial charge in [0.15, 0.2) is 0 Å². The van der Waals surface area contributed by atoms with Crippen molar-refractivity contribution in [2.75, 3.05) is 0 Å². The van der Waals surface area contributed by atoms with Gasteiger partial charge < -0.3 is 4.90 Å². The molecule has 0 spiro atoms. The molecule has 1 rings (SSSR count). The van der Waals surface area contributed by atoms with Gasteiger partial charge in [-0.05, 0) is 71.7 Å². The summed E-state index contributed by atoms with van der Waals surface area (Å²) in [7, 11) is 0. The van der Waals surface area contributed by atoms with Gasteiger partial charge in [0.2, 0.25) is 0 Å². The lowest BCUT2D eigenvalue weighted by Gasteiger charge is -2.30. The highest BCUT2D eigenvalue weighted by Gasteiger charge is 2.22. The standard InChI is InChI=1S/C12H16Br2N2O/c1-7(2)16(8(3)4)12(17)9-5-10(13)15-11(14)6-9/h5-8H,1-4H3. The second-order valence-corrected chi connectivity index (χ2v) is 6.03. The first-order valence-electron chi connectivity index (χ1n) is 5.48. The molecule has 1 aromatic rings. The smallest absolute Gasteiger partial charge is 0.254 e. The highest BCUT2D eigenvalue weighted by molar-refractivity contribution is 9.11. The third-order valence-corrected chi connectivity index (χ3v) is 3.17. The highest BCUT2D eigenvalue weighted by Crippen LogP contribution is 2.19. The molecule has 1 aromatic heterocycles. The fraction of sp³-hybridized carbons (Fsp3) is 0.500. The molecule has 1 heterocycles. The molecular formula is C12H16Br2N2O. The Bertz CT molecular complexity index is 391. The average molecular weight is 364 g/mol. The van der Waals surface area contributed by atoms with Gasteiger partial charge in [-0.3, -0.25) is 4.79 Å². The van der Waals surface area contributed by atoms with Crippen LogP contribution in [0.5, 0.6) is 0 Å². The second-order valence-electron chi connectivity index (χ2n) is 4.40. The highest BCUT2D eigenvalue weighted by atomic mass is 79.9. The van der Waals surface area contributed by atoms with Crippen LogP contribution in [-0.4, -0.2) is 27.9 Å². The topological polar surface area (TPSA) is 33.2 Å². The van der Waals surface area contributed by atoms with Crippen molar-refractivity contribution in [1.29, 1.82) is 0 Å². The Morgan fingerprint density at radius 3 is 1.88 bits per heavy atom. The lowest BCUT2D eigenvalue weighted by Crippen LogP contribution is -2.42. The van der Waals surface area contributed by atoms with Crippen LogP contribution in [-0.2, 0) is 0 Å². The molecule has 3 nitrogen and oxygen atoms in total. The molecule has 0 aliphatic heterocycles. The van der Waals surface area contributed by atoms with Gasteiger partial charge >= 0.3 is 0 Å². The van der Waals surface area contributed by atoms with E-state index in [1.165, 1.54) is 0 Å². The summed E-state index contributed by atoms with van der Waals surface area (Å²) in [5.41, 5.74) is 0.640. The summed E-state index contributed by atoms with van der Waals surface area (Å²) in [6.45, 7) is 8.07. The molecule has 17 heavy (non-hydrogen) atoms. The Labute approximate surface area is 119 Å². The number of hydrogen-bond acceptors (Lipinski definition) is 2. The summed E-state index contributed by atoms with van der Waals surface area (Å²) in [4.78, 5) is 18.4. The normalized spacial score (nSPS) is 11.1. The van der Waals surface area contributed by atoms with E-state index < -0.39 is 0 Å². The van der Waals surface area contributed by atoms with Crippen molar-refractivity contribution in [2.45, 2.75) is 39.8 Å². The maximum absolute atomic E-state index is 12.4. The zero-order valence-corrected chi connectivity index (χ0v) is 13.5. The zero-order chi connectivity index (χ0) is 13.2. The van der Waals surface area contributed by atoms with E-state index in [9.17, 15) is 4.79 Å². The van der Waals surface area contributed by atoms with Gasteiger partial charge in [0, 0.05) is 17.6 Å². The van der Waals surface area contributed by atoms with Crippen molar-refractivity contribution >= 4 is 37.8 Å². The molecule has 0 N–H and O–H groups in total. The Kier molecular flexibility index (Phi) is 5.13. The molecule has 0 atom stereocenters. The van der Waals surface area contributed by atoms with Crippen LogP contribution < -0.4 is 0 Å². The molecule has 94 valence electrons. The fourth-order valence-corrected chi connectivity index (χ4v) is 2.92. The van der Waals surface area contributed by atoms with E-state index in [2.05, 4.69) is 36.8 Å². The summed E-state index contributed by atoms with van der Waals surface area (Å²) < 4.78 is 1.31. The Morgan fingerprint density at radius 2 is 1.53 bits per heavy atom. The molecule has 0 aliphatic carbocycles. The largest absolute Gasteiger partial charge is 0.334 e. The third kappa shape index (κ3) is 3.78. The van der Waals surface area contributed by atoms with E-state index in [4.69, 9.17) is 0 Å². The maximum Gasteiger partial charge on any atom is 0.254 e. The van der Waals surface area contributed by atoms with Crippen molar-refractivity contribution in [2.24, 2.45) is 0 Å². The van der Waals surface area contributed by atoms with Crippen molar-refractivity contribution in [3.63, 3.8) is 0 Å². The number of hydrogen-bond donors (Lipinski definition) is 0. The Morgan fingerprint density at radius 1 is 1.12 bits per heavy atom. The number of halogens is 2. The summed E-state index contributed by atoms with van der Waals surface area (Å²) in [5, 5.41) is 0. The SMILES string of the molecule is CC(C)N(C(=O)c1cc(Br)nc(Br)c1)C(C)C. The van der Waals surface area contributed by atoms with Gasteiger partial charge in [0.1, 0.15) is 9.21 Å². The van der Waals surface area contributed by atoms with Gasteiger partial charge in [-0.1, -0.05) is 0 Å². The second kappa shape index (κ2) is 5.96. The fourth-order valence-electron chi connectivity index (χ4n) is 1.80. The lowest BCUT2D eigenvalue weighted by atomic mass is 10.1. The molecular weight excluding hydrogens is 348 g/mol. The number of aromatic nitrogens is 1. The minimum Gasteiger partial charge on any atom is -0.334 e. The minimum absolute atomic E-state index is 0.0267. The number of amides is 1. The van der Waals surface area contributed by atoms with Crippen LogP contribution in [0.4, 0.5) is 0 Å². The number of pyridine rings is 1. The Hall–Kier alpha value is -0.420. The van der Waals surface area contributed by atoms with E-state index >= 15 is 0 Å². The average Bonchev–Trinajstić information content (AvgIpc) is 2.14. The molecule has 0 saturated carbocycles. The van der Waals surface area contributed by atoms with Gasteiger partial charge in [0.25, 0.3) is 5.91 Å². The van der Waals surface area contributed by atoms with Crippen LogP contribution in [0.3, 0.4) is 0 Å². The predicted molar refractivity (Wildman–Crippen MR) is 76.1 cm³/mol. The molecule has 0 aromatic carbocycles. The van der Waals surface area contributed by atoms with Crippen molar-refractivity contribution in [3.05, 3.63) is 26.9 Å². The first-order chi connectivity index (χ1) is 7.82. The first-order valence-corrected chi connectivity index (χ1v) is 7.07. The summed E-state index contributed by atoms with van der Waals surface area (Å²) in [5.74, 6) is 0.0267. The molecule has 0 saturated heterocycles. The quantitative estimate of drug-likeness (QED) is 0.764. The number of carbonyl (C=O) groups excluding carboxylic acids is 1. The van der Waals surface area contributed by atoms with E-state index in [0.29, 0.717) is 14.8 Å². The van der Waals surface area contributed by atoms with Gasteiger partial charge in [-0.2, -0.15) is 0 Å². The summed E-state index contributed by atoms with van der Waals surface area (Å²) >= 11 is 6.59. The van der Waals surface area contributed by atoms with Gasteiger partial charge in [-0.25, -0.2) is 4.98 Å². The van der Waals surface area contributed by atoms with Gasteiger partial charge in [-0.15, -0.1) is 0 Å². The minimum atomic E-state index is 0.0267. The first kappa shape index (κ1) is 14.6. The van der Waals surface area contributed by atoms with E-state index in [0.717, 1.165) is 0 Å². The van der Waals surface area contributed by atoms with Crippen LogP contribution in [0.25, 0.3) is 0 Å². The molecule has 0 radical (unpaired) electrons. The monoisotopic (exact) mass is 362 g/mol. The van der Waals surface area contributed by atoms with E-state index in [-0.39, 0.29) is 18.0 Å². The van der Waals surface area contributed by atoms with Crippen molar-refractivity contribution in [3.8, 4) is 0 Å². The molecule has 5 heteroatoms. The van der Waals surface area contributed by atoms with Crippen molar-refractivity contribution < 1.29 is 4.79 Å². The van der Waals surface area contributed by atoms with Crippen LogP contribution in [0.2, 0.25) is 0 Å². The number of rotatable bonds is 3. The van der Waals surface area contributed by atoms with Crippen LogP contribution >= 0.6 is 31.9 Å². The summed E-state index contributed by atoms with van der Waals surface area (Å²) in [6, 6.07) is 3.83. The molecule has 0 aliphatic rings. The lowest BCUT2D eigenvalue weighted by molar-refractivity contribution is 0.0643.